The Bertz CT molecular complexity index is 444. The van der Waals surface area contributed by atoms with Gasteiger partial charge in [0, 0.05) is 18.6 Å². The molecule has 0 aromatic heterocycles. The minimum absolute atomic E-state index is 0.101. The molecule has 7 heteroatoms. The molecule has 0 bridgehead atoms. The van der Waals surface area contributed by atoms with Crippen LogP contribution in [0.25, 0.3) is 0 Å². The van der Waals surface area contributed by atoms with Gasteiger partial charge in [0.15, 0.2) is 0 Å². The van der Waals surface area contributed by atoms with Crippen LogP contribution < -0.4 is 0 Å². The number of hydrogen-bond donors (Lipinski definition) is 1. The van der Waals surface area contributed by atoms with Crippen LogP contribution in [0.2, 0.25) is 0 Å². The van der Waals surface area contributed by atoms with Crippen molar-refractivity contribution in [2.75, 3.05) is 14.1 Å². The lowest BCUT2D eigenvalue weighted by Crippen LogP contribution is -2.07. The van der Waals surface area contributed by atoms with Crippen molar-refractivity contribution in [1.82, 2.24) is 4.90 Å². The first-order valence-electron chi connectivity index (χ1n) is 4.52. The topological polar surface area (TPSA) is 35.8 Å². The first-order valence-corrected chi connectivity index (χ1v) is 5.31. The van der Waals surface area contributed by atoms with Crippen molar-refractivity contribution in [3.05, 3.63) is 22.2 Å². The van der Waals surface area contributed by atoms with E-state index < -0.39 is 17.5 Å². The Hall–Kier alpha value is -1.24. The number of nitrogens with zero attached hydrogens (tertiary/aromatic N) is 2. The zero-order valence-electron chi connectivity index (χ0n) is 9.09. The lowest BCUT2D eigenvalue weighted by Gasteiger charge is -2.11. The number of aromatic hydroxyl groups is 1. The maximum absolute atomic E-state index is 12.5. The van der Waals surface area contributed by atoms with E-state index >= 15 is 0 Å². The highest BCUT2D eigenvalue weighted by atomic mass is 79.9. The lowest BCUT2D eigenvalue weighted by atomic mass is 10.1. The molecule has 0 aliphatic heterocycles. The molecule has 0 heterocycles. The van der Waals surface area contributed by atoms with Crippen molar-refractivity contribution in [3.63, 3.8) is 0 Å². The summed E-state index contributed by atoms with van der Waals surface area (Å²) in [5.74, 6) is -0.826. The average Bonchev–Trinajstić information content (AvgIpc) is 2.13. The minimum Gasteiger partial charge on any atom is -0.507 e. The Balaban J connectivity index is 3.25. The highest BCUT2D eigenvalue weighted by Gasteiger charge is 2.34. The van der Waals surface area contributed by atoms with Crippen molar-refractivity contribution in [2.24, 2.45) is 4.99 Å². The molecule has 3 nitrogen and oxygen atoms in total. The molecule has 0 amide bonds. The summed E-state index contributed by atoms with van der Waals surface area (Å²) in [7, 11) is 3.39. The molecule has 1 N–H and O–H groups in total. The van der Waals surface area contributed by atoms with Crippen LogP contribution in [0, 0.1) is 0 Å². The maximum atomic E-state index is 12.5. The van der Waals surface area contributed by atoms with Gasteiger partial charge in [-0.15, -0.1) is 0 Å². The second-order valence-electron chi connectivity index (χ2n) is 3.53. The molecular weight excluding hydrogens is 301 g/mol. The zero-order valence-corrected chi connectivity index (χ0v) is 10.7. The van der Waals surface area contributed by atoms with E-state index in [1.807, 2.05) is 0 Å². The quantitative estimate of drug-likeness (QED) is 0.671. The molecule has 1 aromatic carbocycles. The summed E-state index contributed by atoms with van der Waals surface area (Å²) < 4.78 is 37.9. The van der Waals surface area contributed by atoms with Gasteiger partial charge in [-0.05, 0) is 28.1 Å². The number of halogens is 4. The third-order valence-electron chi connectivity index (χ3n) is 1.80. The maximum Gasteiger partial charge on any atom is 0.420 e. The molecule has 0 atom stereocenters. The van der Waals surface area contributed by atoms with Crippen molar-refractivity contribution >= 4 is 28.0 Å². The number of phenols is 1. The van der Waals surface area contributed by atoms with E-state index in [2.05, 4.69) is 20.9 Å². The molecular formula is C10H10BrF3N2O. The van der Waals surface area contributed by atoms with E-state index in [0.29, 0.717) is 4.47 Å². The second-order valence-corrected chi connectivity index (χ2v) is 4.38. The van der Waals surface area contributed by atoms with Crippen LogP contribution in [-0.4, -0.2) is 30.4 Å². The summed E-state index contributed by atoms with van der Waals surface area (Å²) in [6, 6.07) is 1.77. The predicted octanol–water partition coefficient (Wildman–Crippen LogP) is 3.39. The highest BCUT2D eigenvalue weighted by Crippen LogP contribution is 2.41. The molecule has 0 saturated carbocycles. The Morgan fingerprint density at radius 1 is 1.35 bits per heavy atom. The molecule has 0 radical (unpaired) electrons. The fourth-order valence-electron chi connectivity index (χ4n) is 1.05. The predicted molar refractivity (Wildman–Crippen MR) is 62.6 cm³/mol. The zero-order chi connectivity index (χ0) is 13.2. The van der Waals surface area contributed by atoms with Crippen LogP contribution in [0.15, 0.2) is 21.6 Å². The summed E-state index contributed by atoms with van der Waals surface area (Å²) in [5.41, 5.74) is -1.00. The lowest BCUT2D eigenvalue weighted by molar-refractivity contribution is -0.138. The molecule has 0 saturated heterocycles. The molecule has 0 spiro atoms. The molecule has 1 rings (SSSR count). The highest BCUT2D eigenvalue weighted by molar-refractivity contribution is 9.10. The molecule has 0 aliphatic carbocycles. The monoisotopic (exact) mass is 310 g/mol. The molecule has 0 unspecified atom stereocenters. The number of phenolic OH excluding ortho intramolecular Hbond substituents is 1. The summed E-state index contributed by atoms with van der Waals surface area (Å²) >= 11 is 3.04. The molecule has 94 valence electrons. The molecule has 17 heavy (non-hydrogen) atoms. The van der Waals surface area contributed by atoms with Gasteiger partial charge in [0.25, 0.3) is 0 Å². The standard InChI is InChI=1S/C10H10BrF3N2O/c1-16(2)5-15-8-3-6(10(12,13)14)9(17)4-7(8)11/h3-5,17H,1-2H3. The third kappa shape index (κ3) is 3.62. The van der Waals surface area contributed by atoms with Crippen molar-refractivity contribution < 1.29 is 18.3 Å². The van der Waals surface area contributed by atoms with Crippen molar-refractivity contribution in [2.45, 2.75) is 6.18 Å². The van der Waals surface area contributed by atoms with Gasteiger partial charge in [-0.25, -0.2) is 4.99 Å². The first-order chi connectivity index (χ1) is 7.71. The SMILES string of the molecule is CN(C)C=Nc1cc(C(F)(F)F)c(O)cc1Br. The Morgan fingerprint density at radius 3 is 2.41 bits per heavy atom. The van der Waals surface area contributed by atoms with E-state index in [4.69, 9.17) is 0 Å². The van der Waals surface area contributed by atoms with Crippen LogP contribution in [-0.2, 0) is 6.18 Å². The summed E-state index contributed by atoms with van der Waals surface area (Å²) in [5, 5.41) is 9.22. The van der Waals surface area contributed by atoms with Crippen LogP contribution >= 0.6 is 15.9 Å². The van der Waals surface area contributed by atoms with E-state index in [1.165, 1.54) is 6.34 Å². The number of hydrogen-bond acceptors (Lipinski definition) is 2. The Kier molecular flexibility index (Phi) is 4.03. The third-order valence-corrected chi connectivity index (χ3v) is 2.43. The minimum atomic E-state index is -4.60. The molecule has 1 aromatic rings. The normalized spacial score (nSPS) is 12.1. The van der Waals surface area contributed by atoms with Crippen LogP contribution in [0.4, 0.5) is 18.9 Å². The van der Waals surface area contributed by atoms with Gasteiger partial charge < -0.3 is 10.0 Å². The van der Waals surface area contributed by atoms with Crippen LogP contribution in [0.1, 0.15) is 5.56 Å². The van der Waals surface area contributed by atoms with Crippen molar-refractivity contribution in [1.29, 1.82) is 0 Å². The Morgan fingerprint density at radius 2 is 1.94 bits per heavy atom. The number of rotatable bonds is 2. The van der Waals surface area contributed by atoms with E-state index in [-0.39, 0.29) is 5.69 Å². The average molecular weight is 311 g/mol. The molecule has 0 fully saturated rings. The Labute approximate surface area is 105 Å². The number of alkyl halides is 3. The largest absolute Gasteiger partial charge is 0.507 e. The summed E-state index contributed by atoms with van der Waals surface area (Å²) in [4.78, 5) is 5.45. The van der Waals surface area contributed by atoms with Gasteiger partial charge >= 0.3 is 6.18 Å². The van der Waals surface area contributed by atoms with E-state index in [9.17, 15) is 18.3 Å². The van der Waals surface area contributed by atoms with Gasteiger partial charge in [-0.3, -0.25) is 0 Å². The van der Waals surface area contributed by atoms with Gasteiger partial charge in [-0.1, -0.05) is 0 Å². The summed E-state index contributed by atoms with van der Waals surface area (Å²) in [6.45, 7) is 0. The van der Waals surface area contributed by atoms with E-state index in [0.717, 1.165) is 12.1 Å². The fraction of sp³-hybridized carbons (Fsp3) is 0.300. The fourth-order valence-corrected chi connectivity index (χ4v) is 1.49. The molecule has 0 aliphatic rings. The smallest absolute Gasteiger partial charge is 0.420 e. The van der Waals surface area contributed by atoms with Crippen LogP contribution in [0.3, 0.4) is 0 Å². The first kappa shape index (κ1) is 13.8. The van der Waals surface area contributed by atoms with Gasteiger partial charge in [-0.2, -0.15) is 13.2 Å². The van der Waals surface area contributed by atoms with Gasteiger partial charge in [0.1, 0.15) is 5.75 Å². The number of aliphatic imine (C=N–C) groups is 1. The van der Waals surface area contributed by atoms with Crippen LogP contribution in [0.5, 0.6) is 5.75 Å². The summed E-state index contributed by atoms with van der Waals surface area (Å²) in [6.07, 6.45) is -3.23. The number of benzene rings is 1. The van der Waals surface area contributed by atoms with E-state index in [1.54, 1.807) is 19.0 Å². The van der Waals surface area contributed by atoms with Crippen molar-refractivity contribution in [3.8, 4) is 5.75 Å². The second kappa shape index (κ2) is 4.95. The van der Waals surface area contributed by atoms with Gasteiger partial charge in [0.2, 0.25) is 0 Å². The van der Waals surface area contributed by atoms with Gasteiger partial charge in [0.05, 0.1) is 17.6 Å².